The molecule has 0 aliphatic carbocycles. The topological polar surface area (TPSA) is 237 Å². The van der Waals surface area contributed by atoms with Crippen molar-refractivity contribution in [2.75, 3.05) is 39.6 Å². The Balaban J connectivity index is 5.09. The van der Waals surface area contributed by atoms with Crippen molar-refractivity contribution >= 4 is 39.5 Å². The van der Waals surface area contributed by atoms with Gasteiger partial charge in [0.1, 0.15) is 19.3 Å². The molecule has 5 atom stereocenters. The fourth-order valence-electron chi connectivity index (χ4n) is 13.4. The molecule has 0 heterocycles. The average Bonchev–Trinajstić information content (AvgIpc) is 0.940. The molecule has 0 aliphatic rings. The van der Waals surface area contributed by atoms with Crippen LogP contribution >= 0.6 is 15.6 Å². The summed E-state index contributed by atoms with van der Waals surface area (Å²) in [7, 11) is -9.92. The van der Waals surface area contributed by atoms with Crippen molar-refractivity contribution in [2.45, 2.75) is 477 Å². The molecular weight excluding hydrogens is 1370 g/mol. The summed E-state index contributed by atoms with van der Waals surface area (Å²) < 4.78 is 68.6. The van der Waals surface area contributed by atoms with Gasteiger partial charge < -0.3 is 33.8 Å². The highest BCUT2D eigenvalue weighted by Gasteiger charge is 2.30. The smallest absolute Gasteiger partial charge is 0.462 e. The number of phosphoric ester groups is 2. The number of phosphoric acid groups is 2. The van der Waals surface area contributed by atoms with E-state index < -0.39 is 97.5 Å². The van der Waals surface area contributed by atoms with Crippen molar-refractivity contribution in [3.63, 3.8) is 0 Å². The highest BCUT2D eigenvalue weighted by Crippen LogP contribution is 2.45. The molecule has 0 bridgehead atoms. The Kier molecular flexibility index (Phi) is 76.0. The van der Waals surface area contributed by atoms with E-state index in [1.54, 1.807) is 0 Å². The summed E-state index contributed by atoms with van der Waals surface area (Å²) >= 11 is 0. The number of unbranched alkanes of at least 4 members (excludes halogenated alkanes) is 55. The molecule has 0 amide bonds. The van der Waals surface area contributed by atoms with Crippen molar-refractivity contribution in [1.82, 2.24) is 0 Å². The maximum atomic E-state index is 13.1. The number of rotatable bonds is 85. The summed E-state index contributed by atoms with van der Waals surface area (Å²) in [6.07, 6.45) is 70.1. The van der Waals surface area contributed by atoms with Gasteiger partial charge in [-0.15, -0.1) is 0 Å². The van der Waals surface area contributed by atoms with Gasteiger partial charge in [0.2, 0.25) is 0 Å². The molecule has 0 saturated carbocycles. The maximum absolute atomic E-state index is 13.1. The number of carbonyl (C=O) groups is 4. The Bertz CT molecular complexity index is 2010. The van der Waals surface area contributed by atoms with Crippen LogP contribution in [0, 0.1) is 11.8 Å². The third-order valence-electron chi connectivity index (χ3n) is 20.2. The van der Waals surface area contributed by atoms with Crippen molar-refractivity contribution in [3.05, 3.63) is 0 Å². The summed E-state index contributed by atoms with van der Waals surface area (Å²) in [6, 6.07) is 0. The lowest BCUT2D eigenvalue weighted by Crippen LogP contribution is -2.30. The minimum Gasteiger partial charge on any atom is -0.462 e. The van der Waals surface area contributed by atoms with E-state index in [9.17, 15) is 43.2 Å². The molecule has 0 radical (unpaired) electrons. The van der Waals surface area contributed by atoms with E-state index in [1.807, 2.05) is 0 Å². The van der Waals surface area contributed by atoms with E-state index in [1.165, 1.54) is 270 Å². The first-order chi connectivity index (χ1) is 50.9. The molecule has 0 saturated heterocycles. The molecule has 0 spiro atoms. The van der Waals surface area contributed by atoms with Gasteiger partial charge >= 0.3 is 39.5 Å². The molecule has 17 nitrogen and oxygen atoms in total. The first-order valence-corrected chi connectivity index (χ1v) is 47.5. The van der Waals surface area contributed by atoms with Crippen LogP contribution in [0.15, 0.2) is 0 Å². The van der Waals surface area contributed by atoms with E-state index in [-0.39, 0.29) is 25.7 Å². The second kappa shape index (κ2) is 77.4. The van der Waals surface area contributed by atoms with Crippen LogP contribution < -0.4 is 0 Å². The summed E-state index contributed by atoms with van der Waals surface area (Å²) in [5.41, 5.74) is 0. The van der Waals surface area contributed by atoms with Crippen LogP contribution in [0.4, 0.5) is 0 Å². The lowest BCUT2D eigenvalue weighted by molar-refractivity contribution is -0.161. The maximum Gasteiger partial charge on any atom is 0.472 e. The largest absolute Gasteiger partial charge is 0.472 e. The van der Waals surface area contributed by atoms with E-state index in [0.29, 0.717) is 25.7 Å². The van der Waals surface area contributed by atoms with Crippen molar-refractivity contribution < 1.29 is 80.2 Å². The van der Waals surface area contributed by atoms with Gasteiger partial charge in [-0.3, -0.25) is 37.3 Å². The lowest BCUT2D eigenvalue weighted by atomic mass is 10.0. The molecule has 0 aromatic carbocycles. The summed E-state index contributed by atoms with van der Waals surface area (Å²) in [5, 5.41) is 10.6. The second-order valence-corrected chi connectivity index (χ2v) is 34.8. The minimum atomic E-state index is -4.96. The molecule has 0 aromatic rings. The zero-order valence-corrected chi connectivity index (χ0v) is 70.8. The predicted molar refractivity (Wildman–Crippen MR) is 432 cm³/mol. The van der Waals surface area contributed by atoms with Crippen LogP contribution in [0.5, 0.6) is 0 Å². The standard InChI is InChI=1S/C86H168O17P2/c1-7-9-11-13-14-15-16-17-18-19-20-21-22-23-24-32-37-42-47-52-59-65-71-86(91)103-82(75-97-84(89)69-63-57-51-46-41-36-31-27-25-29-34-39-44-49-55-60-66-78(3)4)77-101-105(94,95)99-73-80(87)72-98-104(92,93)100-76-81(74-96-83(88)68-62-54-12-10-8-2)102-85(90)70-64-58-53-48-43-38-33-28-26-30-35-40-45-50-56-61-67-79(5)6/h78-82,87H,7-77H2,1-6H3,(H,92,93)(H,94,95)/t80-,81+,82+/m0/s1. The van der Waals surface area contributed by atoms with Crippen molar-refractivity contribution in [1.29, 1.82) is 0 Å². The van der Waals surface area contributed by atoms with Gasteiger partial charge in [0.25, 0.3) is 0 Å². The fourth-order valence-corrected chi connectivity index (χ4v) is 15.0. The summed E-state index contributed by atoms with van der Waals surface area (Å²) in [5.74, 6) is -0.493. The van der Waals surface area contributed by atoms with Crippen molar-refractivity contribution in [2.24, 2.45) is 11.8 Å². The highest BCUT2D eigenvalue weighted by atomic mass is 31.2. The van der Waals surface area contributed by atoms with Gasteiger partial charge in [0, 0.05) is 25.7 Å². The lowest BCUT2D eigenvalue weighted by Gasteiger charge is -2.21. The van der Waals surface area contributed by atoms with E-state index in [0.717, 1.165) is 108 Å². The Morgan fingerprint density at radius 1 is 0.257 bits per heavy atom. The molecule has 0 fully saturated rings. The third kappa shape index (κ3) is 79.9. The minimum absolute atomic E-state index is 0.107. The Morgan fingerprint density at radius 2 is 0.438 bits per heavy atom. The molecule has 3 N–H and O–H groups in total. The van der Waals surface area contributed by atoms with Crippen LogP contribution in [0.25, 0.3) is 0 Å². The molecular formula is C86H168O17P2. The van der Waals surface area contributed by atoms with Crippen LogP contribution in [0.2, 0.25) is 0 Å². The van der Waals surface area contributed by atoms with Gasteiger partial charge in [0.05, 0.1) is 26.4 Å². The number of hydrogen-bond donors (Lipinski definition) is 3. The first-order valence-electron chi connectivity index (χ1n) is 44.5. The number of esters is 4. The third-order valence-corrected chi connectivity index (χ3v) is 22.1. The van der Waals surface area contributed by atoms with Gasteiger partial charge in [-0.2, -0.15) is 0 Å². The monoisotopic (exact) mass is 1540 g/mol. The molecule has 0 aromatic heterocycles. The Labute approximate surface area is 645 Å². The highest BCUT2D eigenvalue weighted by molar-refractivity contribution is 7.47. The zero-order chi connectivity index (χ0) is 77.1. The fraction of sp³-hybridized carbons (Fsp3) is 0.953. The Morgan fingerprint density at radius 3 is 0.648 bits per heavy atom. The molecule has 105 heavy (non-hydrogen) atoms. The average molecular weight is 1540 g/mol. The van der Waals surface area contributed by atoms with E-state index in [4.69, 9.17) is 37.0 Å². The summed E-state index contributed by atoms with van der Waals surface area (Å²) in [4.78, 5) is 72.9. The van der Waals surface area contributed by atoms with Gasteiger partial charge in [-0.25, -0.2) is 9.13 Å². The van der Waals surface area contributed by atoms with E-state index >= 15 is 0 Å². The van der Waals surface area contributed by atoms with Crippen LogP contribution in [-0.2, 0) is 65.4 Å². The van der Waals surface area contributed by atoms with Crippen LogP contribution in [-0.4, -0.2) is 96.7 Å². The first kappa shape index (κ1) is 103. The van der Waals surface area contributed by atoms with E-state index in [2.05, 4.69) is 41.5 Å². The SMILES string of the molecule is CCCCCCCCCCCCCCCCCCCCCCCCC(=O)O[C@H](COC(=O)CCCCCCCCCCCCCCCCCCC(C)C)COP(=O)(O)OC[C@@H](O)COP(=O)(O)OC[C@@H](COC(=O)CCCCCCC)OC(=O)CCCCCCCCCCCCCCCCCCC(C)C. The van der Waals surface area contributed by atoms with Crippen LogP contribution in [0.1, 0.15) is 459 Å². The summed E-state index contributed by atoms with van der Waals surface area (Å²) in [6.45, 7) is 9.64. The van der Waals surface area contributed by atoms with Crippen LogP contribution in [0.3, 0.4) is 0 Å². The molecule has 19 heteroatoms. The van der Waals surface area contributed by atoms with Gasteiger partial charge in [0.15, 0.2) is 12.2 Å². The number of carbonyl (C=O) groups excluding carboxylic acids is 4. The number of aliphatic hydroxyl groups excluding tert-OH is 1. The molecule has 624 valence electrons. The number of ether oxygens (including phenoxy) is 4. The predicted octanol–water partition coefficient (Wildman–Crippen LogP) is 26.2. The number of hydrogen-bond acceptors (Lipinski definition) is 15. The molecule has 2 unspecified atom stereocenters. The zero-order valence-electron chi connectivity index (χ0n) is 69.0. The second-order valence-electron chi connectivity index (χ2n) is 31.9. The van der Waals surface area contributed by atoms with Gasteiger partial charge in [-0.1, -0.05) is 408 Å². The number of aliphatic hydroxyl groups is 1. The van der Waals surface area contributed by atoms with Crippen molar-refractivity contribution in [3.8, 4) is 0 Å². The normalized spacial score (nSPS) is 13.8. The molecule has 0 rings (SSSR count). The quantitative estimate of drug-likeness (QED) is 0.0222. The molecule has 0 aliphatic heterocycles. The van der Waals surface area contributed by atoms with Gasteiger partial charge in [-0.05, 0) is 37.5 Å². The Hall–Kier alpha value is -1.94.